The van der Waals surface area contributed by atoms with Crippen molar-refractivity contribution < 1.29 is 9.66 Å². The summed E-state index contributed by atoms with van der Waals surface area (Å²) in [6.07, 6.45) is 0. The van der Waals surface area contributed by atoms with Gasteiger partial charge in [0.05, 0.1) is 16.9 Å². The van der Waals surface area contributed by atoms with Crippen molar-refractivity contribution >= 4 is 16.5 Å². The van der Waals surface area contributed by atoms with Crippen LogP contribution in [-0.4, -0.2) is 18.1 Å². The topological polar surface area (TPSA) is 78.4 Å². The lowest BCUT2D eigenvalue weighted by Crippen LogP contribution is -2.18. The maximum atomic E-state index is 11.0. The standard InChI is InChI=1S/C14H16N2O3/c1-10(8-15)9-19-14-7-6-13(16(17)18)11-4-2-3-5-12(11)14/h2-7,10H,8-9,15H2,1H3. The number of benzene rings is 2. The third-order valence-corrected chi connectivity index (χ3v) is 2.98. The van der Waals surface area contributed by atoms with Gasteiger partial charge in [0, 0.05) is 17.4 Å². The summed E-state index contributed by atoms with van der Waals surface area (Å²) in [5, 5.41) is 12.3. The number of ether oxygens (including phenoxy) is 1. The Morgan fingerprint density at radius 2 is 1.95 bits per heavy atom. The molecule has 0 heterocycles. The van der Waals surface area contributed by atoms with E-state index in [1.54, 1.807) is 18.2 Å². The van der Waals surface area contributed by atoms with Crippen LogP contribution in [0.5, 0.6) is 5.75 Å². The first-order valence-corrected chi connectivity index (χ1v) is 6.12. The minimum Gasteiger partial charge on any atom is -0.493 e. The van der Waals surface area contributed by atoms with Gasteiger partial charge in [-0.25, -0.2) is 0 Å². The van der Waals surface area contributed by atoms with E-state index in [-0.39, 0.29) is 16.5 Å². The van der Waals surface area contributed by atoms with E-state index in [9.17, 15) is 10.1 Å². The van der Waals surface area contributed by atoms with Crippen LogP contribution >= 0.6 is 0 Å². The first-order valence-electron chi connectivity index (χ1n) is 6.12. The smallest absolute Gasteiger partial charge is 0.277 e. The molecule has 5 nitrogen and oxygen atoms in total. The second kappa shape index (κ2) is 5.67. The van der Waals surface area contributed by atoms with Crippen LogP contribution in [0.2, 0.25) is 0 Å². The fourth-order valence-corrected chi connectivity index (χ4v) is 1.84. The van der Waals surface area contributed by atoms with Gasteiger partial charge in [0.1, 0.15) is 5.75 Å². The Morgan fingerprint density at radius 3 is 2.58 bits per heavy atom. The highest BCUT2D eigenvalue weighted by atomic mass is 16.6. The molecule has 0 aromatic heterocycles. The van der Waals surface area contributed by atoms with E-state index in [2.05, 4.69) is 0 Å². The molecule has 1 unspecified atom stereocenters. The molecule has 0 aliphatic carbocycles. The molecule has 2 aromatic carbocycles. The Labute approximate surface area is 111 Å². The third-order valence-electron chi connectivity index (χ3n) is 2.98. The monoisotopic (exact) mass is 260 g/mol. The molecule has 0 aliphatic rings. The molecule has 0 bridgehead atoms. The predicted molar refractivity (Wildman–Crippen MR) is 74.3 cm³/mol. The zero-order chi connectivity index (χ0) is 13.8. The van der Waals surface area contributed by atoms with Crippen molar-refractivity contribution in [2.24, 2.45) is 11.7 Å². The molecule has 0 fully saturated rings. The minimum atomic E-state index is -0.380. The highest BCUT2D eigenvalue weighted by Crippen LogP contribution is 2.32. The summed E-state index contributed by atoms with van der Waals surface area (Å²) >= 11 is 0. The van der Waals surface area contributed by atoms with Crippen molar-refractivity contribution in [3.63, 3.8) is 0 Å². The normalized spacial score (nSPS) is 12.3. The van der Waals surface area contributed by atoms with Crippen molar-refractivity contribution in [1.29, 1.82) is 0 Å². The number of rotatable bonds is 5. The number of hydrogen-bond acceptors (Lipinski definition) is 4. The summed E-state index contributed by atoms with van der Waals surface area (Å²) in [6.45, 7) is 3.04. The number of nitrogens with two attached hydrogens (primary N) is 1. The van der Waals surface area contributed by atoms with Gasteiger partial charge in [0.25, 0.3) is 5.69 Å². The lowest BCUT2D eigenvalue weighted by Gasteiger charge is -2.12. The SMILES string of the molecule is CC(CN)COc1ccc([N+](=O)[O-])c2ccccc12. The molecule has 0 radical (unpaired) electrons. The molecule has 1 atom stereocenters. The van der Waals surface area contributed by atoms with Gasteiger partial charge in [-0.15, -0.1) is 0 Å². The van der Waals surface area contributed by atoms with Gasteiger partial charge in [-0.3, -0.25) is 10.1 Å². The maximum absolute atomic E-state index is 11.0. The van der Waals surface area contributed by atoms with Gasteiger partial charge in [-0.2, -0.15) is 0 Å². The van der Waals surface area contributed by atoms with Crippen LogP contribution in [0.15, 0.2) is 36.4 Å². The van der Waals surface area contributed by atoms with Gasteiger partial charge in [0.2, 0.25) is 0 Å². The maximum Gasteiger partial charge on any atom is 0.277 e. The summed E-state index contributed by atoms with van der Waals surface area (Å²) in [4.78, 5) is 10.6. The van der Waals surface area contributed by atoms with Gasteiger partial charge in [-0.1, -0.05) is 25.1 Å². The van der Waals surface area contributed by atoms with Crippen LogP contribution in [0.4, 0.5) is 5.69 Å². The lowest BCUT2D eigenvalue weighted by molar-refractivity contribution is -0.383. The van der Waals surface area contributed by atoms with E-state index in [1.165, 1.54) is 6.07 Å². The molecule has 100 valence electrons. The second-order valence-electron chi connectivity index (χ2n) is 4.54. The molecule has 0 spiro atoms. The molecule has 2 aromatic rings. The van der Waals surface area contributed by atoms with E-state index < -0.39 is 0 Å². The van der Waals surface area contributed by atoms with Gasteiger partial charge in [0.15, 0.2) is 0 Å². The molecule has 0 amide bonds. The summed E-state index contributed by atoms with van der Waals surface area (Å²) in [5.74, 6) is 0.899. The van der Waals surface area contributed by atoms with Gasteiger partial charge in [-0.05, 0) is 18.7 Å². The molecule has 0 aliphatic heterocycles. The molecule has 0 saturated heterocycles. The summed E-state index contributed by atoms with van der Waals surface area (Å²) in [5.41, 5.74) is 5.64. The fraction of sp³-hybridized carbons (Fsp3) is 0.286. The number of fused-ring (bicyclic) bond motifs is 1. The van der Waals surface area contributed by atoms with Crippen molar-refractivity contribution in [3.05, 3.63) is 46.5 Å². The Balaban J connectivity index is 2.41. The molecule has 2 rings (SSSR count). The number of nitro groups is 1. The fourth-order valence-electron chi connectivity index (χ4n) is 1.84. The number of non-ortho nitro benzene ring substituents is 1. The van der Waals surface area contributed by atoms with E-state index >= 15 is 0 Å². The van der Waals surface area contributed by atoms with E-state index in [4.69, 9.17) is 10.5 Å². The summed E-state index contributed by atoms with van der Waals surface area (Å²) in [6, 6.07) is 10.3. The molecule has 5 heteroatoms. The largest absolute Gasteiger partial charge is 0.493 e. The van der Waals surface area contributed by atoms with Crippen molar-refractivity contribution in [3.8, 4) is 5.75 Å². The molecule has 19 heavy (non-hydrogen) atoms. The van der Waals surface area contributed by atoms with Crippen LogP contribution in [0, 0.1) is 16.0 Å². The van der Waals surface area contributed by atoms with Gasteiger partial charge < -0.3 is 10.5 Å². The number of hydrogen-bond donors (Lipinski definition) is 1. The van der Waals surface area contributed by atoms with Crippen LogP contribution in [0.3, 0.4) is 0 Å². The van der Waals surface area contributed by atoms with Crippen molar-refractivity contribution in [1.82, 2.24) is 0 Å². The minimum absolute atomic E-state index is 0.0924. The Bertz CT molecular complexity index is 598. The van der Waals surface area contributed by atoms with Crippen LogP contribution in [0.1, 0.15) is 6.92 Å². The molecule has 0 saturated carbocycles. The van der Waals surface area contributed by atoms with E-state index in [1.807, 2.05) is 19.1 Å². The summed E-state index contributed by atoms with van der Waals surface area (Å²) in [7, 11) is 0. The second-order valence-corrected chi connectivity index (χ2v) is 4.54. The van der Waals surface area contributed by atoms with Crippen LogP contribution in [-0.2, 0) is 0 Å². The lowest BCUT2D eigenvalue weighted by atomic mass is 10.1. The van der Waals surface area contributed by atoms with Crippen LogP contribution in [0.25, 0.3) is 10.8 Å². The quantitative estimate of drug-likeness (QED) is 0.662. The Morgan fingerprint density at radius 1 is 1.26 bits per heavy atom. The van der Waals surface area contributed by atoms with Crippen molar-refractivity contribution in [2.75, 3.05) is 13.2 Å². The van der Waals surface area contributed by atoms with E-state index in [0.717, 1.165) is 5.39 Å². The first-order chi connectivity index (χ1) is 9.13. The predicted octanol–water partition coefficient (Wildman–Crippen LogP) is 2.72. The molecular formula is C14H16N2O3. The summed E-state index contributed by atoms with van der Waals surface area (Å²) < 4.78 is 5.70. The average molecular weight is 260 g/mol. The third kappa shape index (κ3) is 2.82. The van der Waals surface area contributed by atoms with Gasteiger partial charge >= 0.3 is 0 Å². The van der Waals surface area contributed by atoms with Crippen molar-refractivity contribution in [2.45, 2.75) is 6.92 Å². The first kappa shape index (κ1) is 13.3. The van der Waals surface area contributed by atoms with Crippen LogP contribution < -0.4 is 10.5 Å². The highest BCUT2D eigenvalue weighted by Gasteiger charge is 2.14. The zero-order valence-corrected chi connectivity index (χ0v) is 10.7. The van der Waals surface area contributed by atoms with E-state index in [0.29, 0.717) is 24.3 Å². The Kier molecular flexibility index (Phi) is 3.97. The highest BCUT2D eigenvalue weighted by molar-refractivity contribution is 5.95. The zero-order valence-electron chi connectivity index (χ0n) is 10.7. The molecule has 2 N–H and O–H groups in total. The number of nitro benzene ring substituents is 1. The Hall–Kier alpha value is -2.14. The molecular weight excluding hydrogens is 244 g/mol. The average Bonchev–Trinajstić information content (AvgIpc) is 2.43. The number of nitrogens with zero attached hydrogens (tertiary/aromatic N) is 1.